The molecule has 0 bridgehead atoms. The van der Waals surface area contributed by atoms with Crippen LogP contribution in [0.3, 0.4) is 0 Å². The second kappa shape index (κ2) is 6.40. The molecule has 2 unspecified atom stereocenters. The molecule has 0 spiro atoms. The van der Waals surface area contributed by atoms with Gasteiger partial charge in [-0.05, 0) is 20.8 Å². The van der Waals surface area contributed by atoms with Crippen molar-refractivity contribution in [2.75, 3.05) is 42.2 Å². The van der Waals surface area contributed by atoms with Crippen molar-refractivity contribution >= 4 is 17.8 Å². The molecule has 0 aromatic carbocycles. The van der Waals surface area contributed by atoms with Crippen molar-refractivity contribution in [1.29, 1.82) is 0 Å². The van der Waals surface area contributed by atoms with Crippen LogP contribution in [0.4, 0.5) is 17.8 Å². The summed E-state index contributed by atoms with van der Waals surface area (Å²) in [5.41, 5.74) is 4.83. The number of aliphatic hydroxyl groups is 1. The largest absolute Gasteiger partial charge is 0.385 e. The molecule has 118 valence electrons. The van der Waals surface area contributed by atoms with Crippen LogP contribution in [0.2, 0.25) is 0 Å². The van der Waals surface area contributed by atoms with Crippen molar-refractivity contribution in [3.8, 4) is 0 Å². The molecule has 2 heterocycles. The van der Waals surface area contributed by atoms with E-state index in [2.05, 4.69) is 20.3 Å². The van der Waals surface area contributed by atoms with E-state index >= 15 is 0 Å². The van der Waals surface area contributed by atoms with Crippen molar-refractivity contribution in [3.63, 3.8) is 0 Å². The highest BCUT2D eigenvalue weighted by atomic mass is 16.5. The number of hydrogen-bond acceptors (Lipinski definition) is 8. The molecule has 8 heteroatoms. The molecule has 1 aliphatic heterocycles. The number of anilines is 3. The summed E-state index contributed by atoms with van der Waals surface area (Å²) in [4.78, 5) is 14.5. The summed E-state index contributed by atoms with van der Waals surface area (Å²) in [5.74, 6) is 1.08. The Hall–Kier alpha value is -1.67. The molecule has 1 aliphatic rings. The molecule has 0 saturated carbocycles. The zero-order chi connectivity index (χ0) is 15.5. The average molecular weight is 296 g/mol. The van der Waals surface area contributed by atoms with Gasteiger partial charge in [0.1, 0.15) is 5.60 Å². The van der Waals surface area contributed by atoms with Crippen LogP contribution in [0.5, 0.6) is 0 Å². The van der Waals surface area contributed by atoms with Gasteiger partial charge in [-0.3, -0.25) is 0 Å². The Morgan fingerprint density at radius 2 is 2.10 bits per heavy atom. The van der Waals surface area contributed by atoms with Crippen LogP contribution in [0.15, 0.2) is 0 Å². The highest BCUT2D eigenvalue weighted by Gasteiger charge is 2.39. The number of rotatable bonds is 6. The van der Waals surface area contributed by atoms with E-state index < -0.39 is 5.60 Å². The zero-order valence-corrected chi connectivity index (χ0v) is 12.8. The monoisotopic (exact) mass is 296 g/mol. The van der Waals surface area contributed by atoms with Gasteiger partial charge in [0.2, 0.25) is 17.8 Å². The van der Waals surface area contributed by atoms with Crippen molar-refractivity contribution < 1.29 is 9.84 Å². The van der Waals surface area contributed by atoms with Crippen molar-refractivity contribution in [2.24, 2.45) is 0 Å². The minimum absolute atomic E-state index is 0.164. The molecule has 0 aliphatic carbocycles. The van der Waals surface area contributed by atoms with Crippen molar-refractivity contribution in [3.05, 3.63) is 0 Å². The lowest BCUT2D eigenvalue weighted by atomic mass is 9.97. The first-order valence-corrected chi connectivity index (χ1v) is 7.33. The van der Waals surface area contributed by atoms with Crippen LogP contribution in [0, 0.1) is 0 Å². The fourth-order valence-electron chi connectivity index (χ4n) is 2.34. The van der Waals surface area contributed by atoms with E-state index in [1.54, 1.807) is 0 Å². The lowest BCUT2D eigenvalue weighted by Gasteiger charge is -2.26. The normalized spacial score (nSPS) is 25.0. The van der Waals surface area contributed by atoms with E-state index in [0.29, 0.717) is 31.5 Å². The third kappa shape index (κ3) is 3.51. The van der Waals surface area contributed by atoms with E-state index in [9.17, 15) is 5.11 Å². The molecule has 8 nitrogen and oxygen atoms in total. The summed E-state index contributed by atoms with van der Waals surface area (Å²) in [6.07, 6.45) is 0.372. The highest BCUT2D eigenvalue weighted by Crippen LogP contribution is 2.25. The number of ether oxygens (including phenoxy) is 1. The van der Waals surface area contributed by atoms with Crippen LogP contribution >= 0.6 is 0 Å². The van der Waals surface area contributed by atoms with Gasteiger partial charge in [-0.1, -0.05) is 0 Å². The maximum absolute atomic E-state index is 10.5. The molecule has 1 aromatic heterocycles. The maximum Gasteiger partial charge on any atom is 0.231 e. The Balaban J connectivity index is 2.09. The molecule has 21 heavy (non-hydrogen) atoms. The highest BCUT2D eigenvalue weighted by molar-refractivity contribution is 5.42. The van der Waals surface area contributed by atoms with Crippen molar-refractivity contribution in [1.82, 2.24) is 15.0 Å². The molecule has 2 atom stereocenters. The number of nitrogen functional groups attached to an aromatic ring is 1. The van der Waals surface area contributed by atoms with Gasteiger partial charge >= 0.3 is 0 Å². The molecular weight excluding hydrogens is 272 g/mol. The summed E-state index contributed by atoms with van der Waals surface area (Å²) in [7, 11) is 0. The minimum Gasteiger partial charge on any atom is -0.385 e. The van der Waals surface area contributed by atoms with E-state index in [1.165, 1.54) is 0 Å². The summed E-state index contributed by atoms with van der Waals surface area (Å²) in [6, 6.07) is 0. The molecular formula is C13H24N6O2. The lowest BCUT2D eigenvalue weighted by molar-refractivity contribution is -0.0176. The van der Waals surface area contributed by atoms with E-state index in [4.69, 9.17) is 10.5 Å². The van der Waals surface area contributed by atoms with Gasteiger partial charge in [-0.25, -0.2) is 0 Å². The average Bonchev–Trinajstić information content (AvgIpc) is 2.78. The van der Waals surface area contributed by atoms with Crippen LogP contribution in [0.1, 0.15) is 27.2 Å². The van der Waals surface area contributed by atoms with Gasteiger partial charge in [-0.15, -0.1) is 0 Å². The molecule has 0 amide bonds. The molecule has 0 radical (unpaired) electrons. The molecule has 2 rings (SSSR count). The van der Waals surface area contributed by atoms with Gasteiger partial charge in [0.05, 0.1) is 6.10 Å². The lowest BCUT2D eigenvalue weighted by Crippen LogP contribution is -2.43. The predicted octanol–water partition coefficient (Wildman–Crippen LogP) is 0.252. The summed E-state index contributed by atoms with van der Waals surface area (Å²) in [5, 5.41) is 13.5. The Morgan fingerprint density at radius 1 is 1.38 bits per heavy atom. The van der Waals surface area contributed by atoms with E-state index in [0.717, 1.165) is 13.1 Å². The number of nitrogens with two attached hydrogens (primary N) is 1. The van der Waals surface area contributed by atoms with E-state index in [-0.39, 0.29) is 12.1 Å². The van der Waals surface area contributed by atoms with Gasteiger partial charge in [0, 0.05) is 32.7 Å². The standard InChI is InChI=1S/C13H24N6O2/c1-4-19(5-2)12-17-10(14)16-11(18-12)15-8-13(20)6-7-21-9(13)3/h9,20H,4-8H2,1-3H3,(H3,14,15,16,17,18). The Labute approximate surface area is 124 Å². The molecule has 1 saturated heterocycles. The first kappa shape index (κ1) is 15.7. The predicted molar refractivity (Wildman–Crippen MR) is 81.3 cm³/mol. The van der Waals surface area contributed by atoms with Gasteiger partial charge in [0.15, 0.2) is 0 Å². The maximum atomic E-state index is 10.5. The third-order valence-electron chi connectivity index (χ3n) is 3.90. The van der Waals surface area contributed by atoms with Crippen LogP contribution < -0.4 is 16.0 Å². The van der Waals surface area contributed by atoms with Crippen LogP contribution in [-0.4, -0.2) is 58.0 Å². The van der Waals surface area contributed by atoms with Crippen molar-refractivity contribution in [2.45, 2.75) is 38.9 Å². The molecule has 1 aromatic rings. The quantitative estimate of drug-likeness (QED) is 0.685. The topological polar surface area (TPSA) is 109 Å². The number of nitrogens with one attached hydrogen (secondary N) is 1. The smallest absolute Gasteiger partial charge is 0.231 e. The molecule has 1 fully saturated rings. The van der Waals surface area contributed by atoms with Gasteiger partial charge < -0.3 is 25.8 Å². The number of aromatic nitrogens is 3. The first-order valence-electron chi connectivity index (χ1n) is 7.33. The van der Waals surface area contributed by atoms with Crippen LogP contribution in [-0.2, 0) is 4.74 Å². The second-order valence-electron chi connectivity index (χ2n) is 5.21. The number of nitrogens with zero attached hydrogens (tertiary/aromatic N) is 4. The fraction of sp³-hybridized carbons (Fsp3) is 0.769. The summed E-state index contributed by atoms with van der Waals surface area (Å²) < 4.78 is 5.40. The second-order valence-corrected chi connectivity index (χ2v) is 5.21. The Kier molecular flexibility index (Phi) is 4.79. The van der Waals surface area contributed by atoms with Gasteiger partial charge in [0.25, 0.3) is 0 Å². The third-order valence-corrected chi connectivity index (χ3v) is 3.90. The zero-order valence-electron chi connectivity index (χ0n) is 12.8. The fourth-order valence-corrected chi connectivity index (χ4v) is 2.34. The first-order chi connectivity index (χ1) is 9.98. The van der Waals surface area contributed by atoms with E-state index in [1.807, 2.05) is 25.7 Å². The Morgan fingerprint density at radius 3 is 2.67 bits per heavy atom. The molecule has 4 N–H and O–H groups in total. The van der Waals surface area contributed by atoms with Crippen LogP contribution in [0.25, 0.3) is 0 Å². The number of hydrogen-bond donors (Lipinski definition) is 3. The SMILES string of the molecule is CCN(CC)c1nc(N)nc(NCC2(O)CCOC2C)n1. The minimum atomic E-state index is -0.906. The van der Waals surface area contributed by atoms with Gasteiger partial charge in [-0.2, -0.15) is 15.0 Å². The summed E-state index contributed by atoms with van der Waals surface area (Å²) in [6.45, 7) is 8.35. The summed E-state index contributed by atoms with van der Waals surface area (Å²) >= 11 is 0. The Bertz CT molecular complexity index is 482.